The Kier molecular flexibility index (Phi) is 5.51. The Hall–Kier alpha value is -1.92. The molecule has 1 fully saturated rings. The predicted octanol–water partition coefficient (Wildman–Crippen LogP) is 1.51. The highest BCUT2D eigenvalue weighted by atomic mass is 16.5. The van der Waals surface area contributed by atoms with E-state index >= 15 is 0 Å². The van der Waals surface area contributed by atoms with Gasteiger partial charge in [0, 0.05) is 13.2 Å². The minimum absolute atomic E-state index is 0.160. The molecule has 2 N–H and O–H groups in total. The lowest BCUT2D eigenvalue weighted by molar-refractivity contribution is -0.140. The Morgan fingerprint density at radius 1 is 1.41 bits per heavy atom. The van der Waals surface area contributed by atoms with Crippen molar-refractivity contribution >= 4 is 11.9 Å². The van der Waals surface area contributed by atoms with Crippen LogP contribution in [-0.4, -0.2) is 42.3 Å². The first-order valence-corrected chi connectivity index (χ1v) is 7.34. The number of carboxylic acid groups (broad SMARTS) is 1. The Morgan fingerprint density at radius 2 is 2.14 bits per heavy atom. The van der Waals surface area contributed by atoms with Gasteiger partial charge in [0.2, 0.25) is 0 Å². The van der Waals surface area contributed by atoms with Gasteiger partial charge in [0.15, 0.2) is 6.10 Å². The number of benzene rings is 1. The smallest absolute Gasteiger partial charge is 0.305 e. The standard InChI is InChI=1S/C16H21NO5/c1-2-22-14(12-6-4-3-5-7-12)15(20)17-16(10-13(18)19)8-9-21-11-16/h3-7,14H,2,8-11H2,1H3,(H,17,20)(H,18,19). The van der Waals surface area contributed by atoms with Crippen LogP contribution in [0.4, 0.5) is 0 Å². The van der Waals surface area contributed by atoms with E-state index in [-0.39, 0.29) is 18.9 Å². The van der Waals surface area contributed by atoms with Crippen molar-refractivity contribution in [1.82, 2.24) is 5.32 Å². The lowest BCUT2D eigenvalue weighted by Crippen LogP contribution is -2.52. The third-order valence-electron chi connectivity index (χ3n) is 3.66. The van der Waals surface area contributed by atoms with E-state index in [0.29, 0.717) is 19.6 Å². The molecule has 0 radical (unpaired) electrons. The van der Waals surface area contributed by atoms with Crippen LogP contribution < -0.4 is 5.32 Å². The van der Waals surface area contributed by atoms with Gasteiger partial charge in [-0.15, -0.1) is 0 Å². The molecule has 2 atom stereocenters. The SMILES string of the molecule is CCOC(C(=O)NC1(CC(=O)O)CCOC1)c1ccccc1. The third-order valence-corrected chi connectivity index (χ3v) is 3.66. The summed E-state index contributed by atoms with van der Waals surface area (Å²) in [5.74, 6) is -1.29. The van der Waals surface area contributed by atoms with E-state index in [9.17, 15) is 9.59 Å². The first kappa shape index (κ1) is 16.5. The summed E-state index contributed by atoms with van der Waals surface area (Å²) in [4.78, 5) is 23.7. The van der Waals surface area contributed by atoms with Gasteiger partial charge in [-0.2, -0.15) is 0 Å². The molecule has 1 aromatic rings. The minimum atomic E-state index is -0.960. The molecule has 1 aliphatic rings. The second kappa shape index (κ2) is 7.38. The van der Waals surface area contributed by atoms with Crippen LogP contribution in [-0.2, 0) is 19.1 Å². The van der Waals surface area contributed by atoms with Crippen molar-refractivity contribution in [2.75, 3.05) is 19.8 Å². The molecule has 0 aromatic heterocycles. The lowest BCUT2D eigenvalue weighted by Gasteiger charge is -2.29. The Labute approximate surface area is 129 Å². The molecular formula is C16H21NO5. The van der Waals surface area contributed by atoms with E-state index < -0.39 is 17.6 Å². The molecule has 1 saturated heterocycles. The van der Waals surface area contributed by atoms with E-state index in [1.165, 1.54) is 0 Å². The molecule has 2 unspecified atom stereocenters. The Bertz CT molecular complexity index is 511. The number of hydrogen-bond acceptors (Lipinski definition) is 4. The van der Waals surface area contributed by atoms with Crippen molar-refractivity contribution in [3.8, 4) is 0 Å². The average molecular weight is 307 g/mol. The van der Waals surface area contributed by atoms with Crippen LogP contribution in [0.5, 0.6) is 0 Å². The molecule has 6 heteroatoms. The summed E-state index contributed by atoms with van der Waals surface area (Å²) in [7, 11) is 0. The molecule has 120 valence electrons. The number of carbonyl (C=O) groups is 2. The first-order valence-electron chi connectivity index (χ1n) is 7.34. The monoisotopic (exact) mass is 307 g/mol. The molecule has 0 bridgehead atoms. The summed E-state index contributed by atoms with van der Waals surface area (Å²) in [5, 5.41) is 11.9. The van der Waals surface area contributed by atoms with Crippen molar-refractivity contribution in [2.45, 2.75) is 31.4 Å². The number of amides is 1. The summed E-state index contributed by atoms with van der Waals surface area (Å²) in [6, 6.07) is 9.16. The van der Waals surface area contributed by atoms with E-state index in [2.05, 4.69) is 5.32 Å². The molecule has 22 heavy (non-hydrogen) atoms. The normalized spacial score (nSPS) is 22.2. The third kappa shape index (κ3) is 4.05. The second-order valence-corrected chi connectivity index (χ2v) is 5.39. The van der Waals surface area contributed by atoms with Gasteiger partial charge in [0.05, 0.1) is 18.6 Å². The lowest BCUT2D eigenvalue weighted by atomic mass is 9.93. The van der Waals surface area contributed by atoms with Crippen LogP contribution in [0.15, 0.2) is 30.3 Å². The van der Waals surface area contributed by atoms with Crippen LogP contribution in [0.2, 0.25) is 0 Å². The van der Waals surface area contributed by atoms with E-state index in [1.54, 1.807) is 0 Å². The fourth-order valence-electron chi connectivity index (χ4n) is 2.62. The largest absolute Gasteiger partial charge is 0.481 e. The van der Waals surface area contributed by atoms with Crippen molar-refractivity contribution in [1.29, 1.82) is 0 Å². The maximum atomic E-state index is 12.6. The van der Waals surface area contributed by atoms with Crippen LogP contribution in [0.3, 0.4) is 0 Å². The predicted molar refractivity (Wildman–Crippen MR) is 79.4 cm³/mol. The molecule has 1 amide bonds. The summed E-state index contributed by atoms with van der Waals surface area (Å²) in [6.07, 6.45) is -0.428. The number of ether oxygens (including phenoxy) is 2. The Balaban J connectivity index is 2.14. The average Bonchev–Trinajstić information content (AvgIpc) is 2.92. The van der Waals surface area contributed by atoms with Crippen LogP contribution >= 0.6 is 0 Å². The van der Waals surface area contributed by atoms with E-state index in [4.69, 9.17) is 14.6 Å². The zero-order valence-electron chi connectivity index (χ0n) is 12.6. The highest BCUT2D eigenvalue weighted by molar-refractivity contribution is 5.83. The molecular weight excluding hydrogens is 286 g/mol. The number of rotatable bonds is 7. The quantitative estimate of drug-likeness (QED) is 0.797. The van der Waals surface area contributed by atoms with Crippen molar-refractivity contribution in [3.05, 3.63) is 35.9 Å². The van der Waals surface area contributed by atoms with Crippen molar-refractivity contribution < 1.29 is 24.2 Å². The molecule has 2 rings (SSSR count). The van der Waals surface area contributed by atoms with Gasteiger partial charge in [0.25, 0.3) is 5.91 Å². The summed E-state index contributed by atoms with van der Waals surface area (Å²) in [5.41, 5.74) is -0.112. The fourth-order valence-corrected chi connectivity index (χ4v) is 2.62. The minimum Gasteiger partial charge on any atom is -0.481 e. The van der Waals surface area contributed by atoms with Gasteiger partial charge in [-0.05, 0) is 18.9 Å². The maximum absolute atomic E-state index is 12.6. The van der Waals surface area contributed by atoms with Gasteiger partial charge < -0.3 is 19.9 Å². The zero-order chi connectivity index (χ0) is 16.0. The van der Waals surface area contributed by atoms with Gasteiger partial charge in [-0.3, -0.25) is 9.59 Å². The Morgan fingerprint density at radius 3 is 2.68 bits per heavy atom. The summed E-state index contributed by atoms with van der Waals surface area (Å²) >= 11 is 0. The van der Waals surface area contributed by atoms with Gasteiger partial charge in [-0.25, -0.2) is 0 Å². The molecule has 6 nitrogen and oxygen atoms in total. The second-order valence-electron chi connectivity index (χ2n) is 5.39. The van der Waals surface area contributed by atoms with Crippen molar-refractivity contribution in [3.63, 3.8) is 0 Å². The first-order chi connectivity index (χ1) is 10.6. The highest BCUT2D eigenvalue weighted by Gasteiger charge is 2.40. The number of aliphatic carboxylic acids is 1. The number of nitrogens with one attached hydrogen (secondary N) is 1. The molecule has 0 saturated carbocycles. The zero-order valence-corrected chi connectivity index (χ0v) is 12.6. The highest BCUT2D eigenvalue weighted by Crippen LogP contribution is 2.25. The van der Waals surface area contributed by atoms with E-state index in [0.717, 1.165) is 5.56 Å². The number of carboxylic acids is 1. The maximum Gasteiger partial charge on any atom is 0.305 e. The van der Waals surface area contributed by atoms with Crippen LogP contribution in [0.1, 0.15) is 31.4 Å². The van der Waals surface area contributed by atoms with Gasteiger partial charge in [0.1, 0.15) is 0 Å². The summed E-state index contributed by atoms with van der Waals surface area (Å²) in [6.45, 7) is 2.85. The molecule has 0 aliphatic carbocycles. The molecule has 0 spiro atoms. The molecule has 1 aliphatic heterocycles. The number of hydrogen-bond donors (Lipinski definition) is 2. The molecule has 1 aromatic carbocycles. The van der Waals surface area contributed by atoms with Crippen molar-refractivity contribution in [2.24, 2.45) is 0 Å². The van der Waals surface area contributed by atoms with Gasteiger partial charge >= 0.3 is 5.97 Å². The van der Waals surface area contributed by atoms with Gasteiger partial charge in [-0.1, -0.05) is 30.3 Å². The van der Waals surface area contributed by atoms with Crippen LogP contribution in [0.25, 0.3) is 0 Å². The summed E-state index contributed by atoms with van der Waals surface area (Å²) < 4.78 is 10.8. The van der Waals surface area contributed by atoms with Crippen LogP contribution in [0, 0.1) is 0 Å². The fraction of sp³-hybridized carbons (Fsp3) is 0.500. The molecule has 1 heterocycles. The topological polar surface area (TPSA) is 84.9 Å². The number of carbonyl (C=O) groups excluding carboxylic acids is 1. The van der Waals surface area contributed by atoms with E-state index in [1.807, 2.05) is 37.3 Å².